The number of aliphatic imine (C=N–C) groups is 2. The summed E-state index contributed by atoms with van der Waals surface area (Å²) in [7, 11) is 1.72. The second-order valence-corrected chi connectivity index (χ2v) is 14.8. The standard InChI is InChI=1S/C49H29F4N7/c1-60-48(30-13-12-26-7-2-3-8-27(26)19-30)58-47(31-22-37(50)41(38(51)23-31)35-20-28-9-4-15-54-43(28)45-33(35)11-6-17-56-45)59-49(60)32-24-39(52)42(40(53)25-32)36-21-29-10-5-16-55-44(29)46-34(36)14-18-57-46/h2-25,48,57H,1H3/t48-/m1/s1. The molecule has 0 spiro atoms. The molecule has 1 aliphatic heterocycles. The van der Waals surface area contributed by atoms with Crippen molar-refractivity contribution in [3.63, 3.8) is 0 Å². The van der Waals surface area contributed by atoms with E-state index in [1.54, 1.807) is 79.2 Å². The van der Waals surface area contributed by atoms with E-state index in [0.717, 1.165) is 16.3 Å². The summed E-state index contributed by atoms with van der Waals surface area (Å²) in [6.45, 7) is 0. The summed E-state index contributed by atoms with van der Waals surface area (Å²) in [5.74, 6) is -3.18. The minimum atomic E-state index is -0.845. The van der Waals surface area contributed by atoms with Crippen LogP contribution in [0.2, 0.25) is 0 Å². The first-order valence-corrected chi connectivity index (χ1v) is 19.2. The molecule has 0 saturated heterocycles. The maximum atomic E-state index is 16.6. The molecule has 0 unspecified atom stereocenters. The number of amidine groups is 2. The molecule has 0 radical (unpaired) electrons. The molecule has 1 N–H and O–H groups in total. The van der Waals surface area contributed by atoms with Crippen LogP contribution in [0.1, 0.15) is 22.9 Å². The average Bonchev–Trinajstić information content (AvgIpc) is 3.77. The summed E-state index contributed by atoms with van der Waals surface area (Å²) in [4.78, 5) is 28.0. The Hall–Kier alpha value is -7.79. The van der Waals surface area contributed by atoms with Gasteiger partial charge in [0.2, 0.25) is 0 Å². The van der Waals surface area contributed by atoms with Gasteiger partial charge in [-0.2, -0.15) is 0 Å². The molecule has 11 rings (SSSR count). The Morgan fingerprint density at radius 2 is 1.12 bits per heavy atom. The summed E-state index contributed by atoms with van der Waals surface area (Å²) in [6, 6.07) is 34.4. The molecular weight excluding hydrogens is 763 g/mol. The number of H-pyrrole nitrogens is 1. The normalized spacial score (nSPS) is 14.4. The van der Waals surface area contributed by atoms with Crippen molar-refractivity contribution in [1.82, 2.24) is 24.8 Å². The number of nitrogens with one attached hydrogen (secondary N) is 1. The third-order valence-electron chi connectivity index (χ3n) is 11.2. The van der Waals surface area contributed by atoms with Gasteiger partial charge >= 0.3 is 0 Å². The van der Waals surface area contributed by atoms with Crippen molar-refractivity contribution >= 4 is 66.1 Å². The highest BCUT2D eigenvalue weighted by atomic mass is 19.1. The van der Waals surface area contributed by atoms with E-state index in [9.17, 15) is 0 Å². The topological polar surface area (TPSA) is 82.4 Å². The number of aromatic nitrogens is 4. The van der Waals surface area contributed by atoms with Gasteiger partial charge in [0.05, 0.1) is 33.2 Å². The number of benzene rings is 6. The van der Waals surface area contributed by atoms with Crippen LogP contribution in [0.15, 0.2) is 156 Å². The molecule has 60 heavy (non-hydrogen) atoms. The zero-order valence-electron chi connectivity index (χ0n) is 31.6. The Labute approximate surface area is 339 Å². The molecule has 0 fully saturated rings. The first kappa shape index (κ1) is 35.4. The second kappa shape index (κ2) is 13.7. The molecule has 1 aliphatic rings. The minimum Gasteiger partial charge on any atom is -0.359 e. The van der Waals surface area contributed by atoms with Gasteiger partial charge in [-0.3, -0.25) is 15.0 Å². The van der Waals surface area contributed by atoms with Crippen molar-refractivity contribution in [2.75, 3.05) is 7.05 Å². The SMILES string of the molecule is CN1C(c2cc(F)c(-c3cc4cccnc4c4[nH]ccc34)c(F)c2)=NC(c2cc(F)c(-c3cc4cccnc4c4ncccc34)c(F)c2)=N[C@H]1c1ccc2ccccc2c1. The van der Waals surface area contributed by atoms with Gasteiger partial charge in [-0.15, -0.1) is 0 Å². The van der Waals surface area contributed by atoms with E-state index in [0.29, 0.717) is 54.7 Å². The van der Waals surface area contributed by atoms with Crippen LogP contribution in [0.5, 0.6) is 0 Å². The van der Waals surface area contributed by atoms with Crippen LogP contribution >= 0.6 is 0 Å². The lowest BCUT2D eigenvalue weighted by molar-refractivity contribution is 0.382. The van der Waals surface area contributed by atoms with Crippen molar-refractivity contribution in [1.29, 1.82) is 0 Å². The smallest absolute Gasteiger partial charge is 0.159 e. The third-order valence-corrected chi connectivity index (χ3v) is 11.2. The monoisotopic (exact) mass is 791 g/mol. The van der Waals surface area contributed by atoms with Crippen LogP contribution < -0.4 is 0 Å². The molecule has 0 saturated carbocycles. The molecule has 5 heterocycles. The Morgan fingerprint density at radius 3 is 1.83 bits per heavy atom. The molecular formula is C49H29F4N7. The second-order valence-electron chi connectivity index (χ2n) is 14.8. The molecule has 0 bridgehead atoms. The first-order valence-electron chi connectivity index (χ1n) is 19.2. The molecule has 4 aromatic heterocycles. The van der Waals surface area contributed by atoms with E-state index in [2.05, 4.69) is 19.9 Å². The minimum absolute atomic E-state index is 0.0131. The van der Waals surface area contributed by atoms with Crippen LogP contribution in [0.4, 0.5) is 17.6 Å². The van der Waals surface area contributed by atoms with Crippen LogP contribution in [0.25, 0.3) is 76.6 Å². The predicted octanol–water partition coefficient (Wildman–Crippen LogP) is 11.7. The van der Waals surface area contributed by atoms with Gasteiger partial charge in [0.1, 0.15) is 29.1 Å². The Balaban J connectivity index is 1.07. The third kappa shape index (κ3) is 5.61. The molecule has 0 aliphatic carbocycles. The predicted molar refractivity (Wildman–Crippen MR) is 229 cm³/mol. The molecule has 10 aromatic rings. The summed E-state index contributed by atoms with van der Waals surface area (Å²) in [5.41, 5.74) is 3.60. The molecule has 1 atom stereocenters. The quantitative estimate of drug-likeness (QED) is 0.139. The van der Waals surface area contributed by atoms with Gasteiger partial charge in [-0.25, -0.2) is 27.5 Å². The van der Waals surface area contributed by atoms with E-state index in [4.69, 9.17) is 9.98 Å². The maximum Gasteiger partial charge on any atom is 0.159 e. The van der Waals surface area contributed by atoms with Gasteiger partial charge in [-0.05, 0) is 94.2 Å². The summed E-state index contributed by atoms with van der Waals surface area (Å²) in [6.07, 6.45) is 5.85. The van der Waals surface area contributed by atoms with E-state index in [1.807, 2.05) is 54.6 Å². The van der Waals surface area contributed by atoms with Crippen molar-refractivity contribution in [3.05, 3.63) is 186 Å². The highest BCUT2D eigenvalue weighted by Gasteiger charge is 2.30. The average molecular weight is 792 g/mol. The van der Waals surface area contributed by atoms with Crippen LogP contribution in [0.3, 0.4) is 0 Å². The largest absolute Gasteiger partial charge is 0.359 e. The lowest BCUT2D eigenvalue weighted by Gasteiger charge is -2.33. The van der Waals surface area contributed by atoms with E-state index in [-0.39, 0.29) is 33.9 Å². The van der Waals surface area contributed by atoms with Crippen LogP contribution in [-0.2, 0) is 0 Å². The van der Waals surface area contributed by atoms with Gasteiger partial charge in [0, 0.05) is 64.5 Å². The fraction of sp³-hybridized carbons (Fsp3) is 0.0408. The van der Waals surface area contributed by atoms with Gasteiger partial charge in [0.15, 0.2) is 12.0 Å². The Kier molecular flexibility index (Phi) is 8.06. The number of fused-ring (bicyclic) bond motifs is 7. The lowest BCUT2D eigenvalue weighted by atomic mass is 9.95. The fourth-order valence-electron chi connectivity index (χ4n) is 8.48. The molecule has 0 amide bonds. The number of hydrogen-bond acceptors (Lipinski definition) is 6. The van der Waals surface area contributed by atoms with Crippen LogP contribution in [0, 0.1) is 23.3 Å². The van der Waals surface area contributed by atoms with E-state index in [1.165, 1.54) is 24.3 Å². The summed E-state index contributed by atoms with van der Waals surface area (Å²) >= 11 is 0. The zero-order valence-corrected chi connectivity index (χ0v) is 31.6. The number of pyridine rings is 3. The first-order chi connectivity index (χ1) is 29.3. The number of rotatable bonds is 5. The molecule has 288 valence electrons. The molecule has 11 heteroatoms. The zero-order chi connectivity index (χ0) is 40.6. The number of halogens is 4. The molecule has 7 nitrogen and oxygen atoms in total. The highest BCUT2D eigenvalue weighted by molar-refractivity contribution is 6.15. The number of aromatic amines is 1. The number of hydrogen-bond donors (Lipinski definition) is 1. The van der Waals surface area contributed by atoms with Crippen molar-refractivity contribution in [2.24, 2.45) is 9.98 Å². The molecule has 6 aromatic carbocycles. The van der Waals surface area contributed by atoms with Crippen molar-refractivity contribution in [2.45, 2.75) is 6.17 Å². The van der Waals surface area contributed by atoms with E-state index < -0.39 is 29.4 Å². The maximum absolute atomic E-state index is 16.6. The van der Waals surface area contributed by atoms with Crippen LogP contribution in [-0.4, -0.2) is 43.6 Å². The van der Waals surface area contributed by atoms with Gasteiger partial charge in [0.25, 0.3) is 0 Å². The summed E-state index contributed by atoms with van der Waals surface area (Å²) < 4.78 is 66.3. The lowest BCUT2D eigenvalue weighted by Crippen LogP contribution is -2.36. The van der Waals surface area contributed by atoms with E-state index >= 15 is 17.6 Å². The number of nitrogens with zero attached hydrogens (tertiary/aromatic N) is 6. The fourth-order valence-corrected chi connectivity index (χ4v) is 8.48. The Morgan fingerprint density at radius 1 is 0.533 bits per heavy atom. The van der Waals surface area contributed by atoms with Gasteiger partial charge in [-0.1, -0.05) is 54.6 Å². The van der Waals surface area contributed by atoms with Gasteiger partial charge < -0.3 is 9.88 Å². The highest BCUT2D eigenvalue weighted by Crippen LogP contribution is 2.40. The van der Waals surface area contributed by atoms with Crippen molar-refractivity contribution in [3.8, 4) is 22.3 Å². The summed E-state index contributed by atoms with van der Waals surface area (Å²) in [5, 5.41) is 4.49. The van der Waals surface area contributed by atoms with Crippen molar-refractivity contribution < 1.29 is 17.6 Å². The Bertz CT molecular complexity index is 3440.